The molecule has 4 aromatic rings. The monoisotopic (exact) mass is 786 g/mol. The fourth-order valence-corrected chi connectivity index (χ4v) is 6.41. The lowest BCUT2D eigenvalue weighted by Gasteiger charge is -2.37. The number of nitrogens with one attached hydrogen (secondary N) is 3. The highest BCUT2D eigenvalue weighted by atomic mass is 35.5. The third-order valence-corrected chi connectivity index (χ3v) is 9.52. The maximum absolute atomic E-state index is 14.8. The number of halogens is 9. The number of alkyl halides is 8. The molecule has 21 heteroatoms. The van der Waals surface area contributed by atoms with Crippen LogP contribution in [0.3, 0.4) is 0 Å². The molecule has 2 aromatic carbocycles. The van der Waals surface area contributed by atoms with E-state index < -0.39 is 78.8 Å². The van der Waals surface area contributed by atoms with Crippen molar-refractivity contribution in [1.29, 1.82) is 5.41 Å². The van der Waals surface area contributed by atoms with Crippen molar-refractivity contribution in [2.75, 3.05) is 6.54 Å². The van der Waals surface area contributed by atoms with Crippen molar-refractivity contribution in [2.24, 2.45) is 5.41 Å². The normalized spacial score (nSPS) is 18.7. The van der Waals surface area contributed by atoms with E-state index >= 15 is 0 Å². The minimum atomic E-state index is -4.92. The summed E-state index contributed by atoms with van der Waals surface area (Å²) < 4.78 is 111. The molecule has 2 atom stereocenters. The summed E-state index contributed by atoms with van der Waals surface area (Å²) in [4.78, 5) is 32.9. The maximum atomic E-state index is 14.8. The second kappa shape index (κ2) is 13.9. The largest absolute Gasteiger partial charge is 0.397 e. The second-order valence-corrected chi connectivity index (χ2v) is 14.0. The van der Waals surface area contributed by atoms with Gasteiger partial charge in [-0.05, 0) is 42.5 Å². The third kappa shape index (κ3) is 7.60. The molecule has 288 valence electrons. The molecule has 2 fully saturated rings. The number of carbonyl (C=O) groups is 2. The van der Waals surface area contributed by atoms with Crippen LogP contribution in [-0.4, -0.2) is 71.3 Å². The summed E-state index contributed by atoms with van der Waals surface area (Å²) in [6.07, 6.45) is -11.6. The molecule has 1 aliphatic heterocycles. The average Bonchev–Trinajstić information content (AvgIpc) is 3.49. The van der Waals surface area contributed by atoms with E-state index in [1.807, 2.05) is 0 Å². The van der Waals surface area contributed by atoms with Crippen LogP contribution in [0.4, 0.5) is 35.1 Å². The lowest BCUT2D eigenvalue weighted by molar-refractivity contribution is -0.218. The third-order valence-electron chi connectivity index (χ3n) is 9.20. The maximum Gasteiger partial charge on any atom is 0.397 e. The summed E-state index contributed by atoms with van der Waals surface area (Å²) in [6.45, 7) is 0.957. The van der Waals surface area contributed by atoms with Gasteiger partial charge in [0.15, 0.2) is 11.8 Å². The molecule has 2 aromatic heterocycles. The Morgan fingerprint density at radius 2 is 1.76 bits per heavy atom. The molecule has 1 aliphatic carbocycles. The van der Waals surface area contributed by atoms with Crippen LogP contribution in [0.5, 0.6) is 0 Å². The molecule has 0 bridgehead atoms. The number of amides is 2. The van der Waals surface area contributed by atoms with E-state index in [2.05, 4.69) is 30.9 Å². The Balaban J connectivity index is 1.44. The highest BCUT2D eigenvalue weighted by Gasteiger charge is 2.60. The molecule has 0 spiro atoms. The van der Waals surface area contributed by atoms with Gasteiger partial charge in [-0.2, -0.15) is 46.4 Å². The fraction of sp³-hybridized carbons (Fsp3) is 0.424. The van der Waals surface area contributed by atoms with Crippen LogP contribution < -0.4 is 10.6 Å². The molecule has 1 saturated heterocycles. The zero-order valence-corrected chi connectivity index (χ0v) is 29.1. The van der Waals surface area contributed by atoms with Gasteiger partial charge in [0.25, 0.3) is 12.3 Å². The van der Waals surface area contributed by atoms with Gasteiger partial charge in [0.2, 0.25) is 5.91 Å². The first kappa shape index (κ1) is 38.6. The van der Waals surface area contributed by atoms with Gasteiger partial charge in [0.1, 0.15) is 24.0 Å². The Morgan fingerprint density at radius 1 is 1.07 bits per heavy atom. The number of nitrogens with zero attached hydrogens (tertiary/aromatic N) is 7. The number of benzene rings is 2. The summed E-state index contributed by atoms with van der Waals surface area (Å²) in [5, 5.41) is 25.9. The Bertz CT molecular complexity index is 2060. The molecule has 0 unspecified atom stereocenters. The Labute approximate surface area is 306 Å². The lowest BCUT2D eigenvalue weighted by atomic mass is 9.74. The van der Waals surface area contributed by atoms with Crippen LogP contribution in [-0.2, 0) is 15.1 Å². The average molecular weight is 787 g/mol. The van der Waals surface area contributed by atoms with Gasteiger partial charge in [0.05, 0.1) is 34.4 Å². The quantitative estimate of drug-likeness (QED) is 0.134. The molecule has 12 nitrogen and oxygen atoms in total. The van der Waals surface area contributed by atoms with Crippen molar-refractivity contribution < 1.29 is 44.7 Å². The van der Waals surface area contributed by atoms with Gasteiger partial charge in [-0.25, -0.2) is 18.4 Å². The first-order valence-electron chi connectivity index (χ1n) is 16.3. The summed E-state index contributed by atoms with van der Waals surface area (Å²) in [6, 6.07) is 8.04. The van der Waals surface area contributed by atoms with E-state index in [1.54, 1.807) is 4.80 Å². The first-order chi connectivity index (χ1) is 25.2. The zero-order valence-electron chi connectivity index (χ0n) is 28.3. The summed E-state index contributed by atoms with van der Waals surface area (Å²) >= 11 is 6.32. The van der Waals surface area contributed by atoms with Gasteiger partial charge in [0, 0.05) is 12.1 Å². The van der Waals surface area contributed by atoms with Crippen LogP contribution in [0.1, 0.15) is 75.0 Å². The van der Waals surface area contributed by atoms with E-state index in [4.69, 9.17) is 17.0 Å². The van der Waals surface area contributed by atoms with E-state index in [0.29, 0.717) is 20.8 Å². The molecule has 54 heavy (non-hydrogen) atoms. The van der Waals surface area contributed by atoms with Crippen molar-refractivity contribution in [3.05, 3.63) is 77.0 Å². The topological polar surface area (TPSA) is 147 Å². The van der Waals surface area contributed by atoms with Gasteiger partial charge >= 0.3 is 12.4 Å². The highest BCUT2D eigenvalue weighted by molar-refractivity contribution is 6.32. The number of guanidine groups is 1. The van der Waals surface area contributed by atoms with Crippen molar-refractivity contribution in [1.82, 2.24) is 45.3 Å². The Kier molecular flexibility index (Phi) is 9.95. The fourth-order valence-electron chi connectivity index (χ4n) is 6.21. The molecule has 0 radical (unpaired) electrons. The zero-order chi connectivity index (χ0) is 39.4. The molecular formula is C33H31ClF8N10O2. The molecule has 6 rings (SSSR count). The molecule has 2 amide bonds. The van der Waals surface area contributed by atoms with Gasteiger partial charge in [-0.3, -0.25) is 19.9 Å². The number of rotatable bonds is 12. The van der Waals surface area contributed by atoms with E-state index in [9.17, 15) is 44.7 Å². The Hall–Kier alpha value is -5.14. The number of aromatic nitrogens is 6. The van der Waals surface area contributed by atoms with Crippen LogP contribution in [0.2, 0.25) is 5.02 Å². The van der Waals surface area contributed by atoms with Crippen LogP contribution in [0.15, 0.2) is 55.0 Å². The van der Waals surface area contributed by atoms with Crippen LogP contribution in [0.25, 0.3) is 16.9 Å². The van der Waals surface area contributed by atoms with Crippen molar-refractivity contribution in [3.8, 4) is 16.9 Å². The lowest BCUT2D eigenvalue weighted by Crippen LogP contribution is -2.50. The molecule has 3 heterocycles. The van der Waals surface area contributed by atoms with E-state index in [0.717, 1.165) is 39.1 Å². The highest BCUT2D eigenvalue weighted by Crippen LogP contribution is 2.49. The number of hydrogen-bond acceptors (Lipinski definition) is 7. The summed E-state index contributed by atoms with van der Waals surface area (Å²) in [7, 11) is 0. The van der Waals surface area contributed by atoms with Gasteiger partial charge < -0.3 is 10.6 Å². The summed E-state index contributed by atoms with van der Waals surface area (Å²) in [5.74, 6) is -4.21. The van der Waals surface area contributed by atoms with Crippen molar-refractivity contribution in [3.63, 3.8) is 0 Å². The van der Waals surface area contributed by atoms with Gasteiger partial charge in [-0.15, -0.1) is 0 Å². The van der Waals surface area contributed by atoms with Crippen LogP contribution in [0, 0.1) is 10.8 Å². The van der Waals surface area contributed by atoms with Crippen molar-refractivity contribution in [2.45, 2.75) is 75.9 Å². The standard InChI is InChI=1S/C33H31ClF8N10O2/c1-30(2,33(40,41)42)15-31(19-6-3-17(4-7-19)22-13-46-52(49-22)20-8-9-20)28(54)50(29(43)48-31)24(14-44-25(53)12-32(37,38)39)18-5-10-21(34)23(11-18)51-27(26(35)36)45-16-47-51/h3-7,10-11,13,16,20,24,26H,8-9,12,14-15H2,1-2H3,(H2,43,48)(H,44,53)/t24-,31-/m1/s1. The number of carbonyl (C=O) groups excluding carboxylic acids is 2. The van der Waals surface area contributed by atoms with Gasteiger partial charge in [-0.1, -0.05) is 55.8 Å². The minimum absolute atomic E-state index is 0.0104. The Morgan fingerprint density at radius 3 is 2.37 bits per heavy atom. The predicted octanol–water partition coefficient (Wildman–Crippen LogP) is 6.80. The summed E-state index contributed by atoms with van der Waals surface area (Å²) in [5.41, 5.74) is -4.09. The first-order valence-corrected chi connectivity index (χ1v) is 16.7. The molecular weight excluding hydrogens is 756 g/mol. The van der Waals surface area contributed by atoms with Crippen LogP contribution >= 0.6 is 11.6 Å². The second-order valence-electron chi connectivity index (χ2n) is 13.6. The SMILES string of the molecule is CC(C)(C[C@]1(c2ccc(-c3cnn(C4CC4)n3)cc2)NC(=N)N([C@H](CNC(=O)CC(F)(F)F)c2ccc(Cl)c(-n3ncnc3C(F)F)c2)C1=O)C(F)(F)F. The predicted molar refractivity (Wildman–Crippen MR) is 175 cm³/mol. The van der Waals surface area contributed by atoms with Crippen molar-refractivity contribution >= 4 is 29.4 Å². The molecule has 2 aliphatic rings. The smallest absolute Gasteiger partial charge is 0.353 e. The molecule has 3 N–H and O–H groups in total. The minimum Gasteiger partial charge on any atom is -0.353 e. The number of hydrogen-bond donors (Lipinski definition) is 3. The van der Waals surface area contributed by atoms with E-state index in [-0.39, 0.29) is 27.9 Å². The molecule has 1 saturated carbocycles. The van der Waals surface area contributed by atoms with E-state index in [1.165, 1.54) is 42.6 Å².